The maximum Gasteiger partial charge on any atom is 0.227 e. The monoisotopic (exact) mass is 351 g/mol. The van der Waals surface area contributed by atoms with Gasteiger partial charge < -0.3 is 24.6 Å². The Morgan fingerprint density at radius 2 is 1.88 bits per heavy atom. The van der Waals surface area contributed by atoms with Crippen LogP contribution in [0.4, 0.5) is 0 Å². The van der Waals surface area contributed by atoms with Crippen molar-refractivity contribution < 1.29 is 29.3 Å². The van der Waals surface area contributed by atoms with E-state index in [0.717, 1.165) is 0 Å². The Morgan fingerprint density at radius 3 is 2.40 bits per heavy atom. The van der Waals surface area contributed by atoms with Gasteiger partial charge >= 0.3 is 0 Å². The quantitative estimate of drug-likeness (QED) is 0.762. The summed E-state index contributed by atoms with van der Waals surface area (Å²) in [5, 5.41) is 20.0. The lowest BCUT2D eigenvalue weighted by Gasteiger charge is -2.40. The molecular formula is C18H25NO6. The molecule has 2 atom stereocenters. The number of benzene rings is 1. The van der Waals surface area contributed by atoms with Crippen molar-refractivity contribution in [3.63, 3.8) is 0 Å². The number of ether oxygens (including phenoxy) is 2. The van der Waals surface area contributed by atoms with Gasteiger partial charge in [0, 0.05) is 18.7 Å². The molecule has 7 heteroatoms. The number of methoxy groups -OCH3 is 2. The molecule has 1 aliphatic rings. The van der Waals surface area contributed by atoms with E-state index in [1.165, 1.54) is 26.0 Å². The SMILES string of the molecule is COc1cc(CC(=O)N2CC[C@](C)(O)[C@@H](O)C2)c(C(C)=O)cc1OC. The zero-order chi connectivity index (χ0) is 18.8. The van der Waals surface area contributed by atoms with Gasteiger partial charge in [-0.25, -0.2) is 0 Å². The first-order valence-corrected chi connectivity index (χ1v) is 8.13. The van der Waals surface area contributed by atoms with Gasteiger partial charge in [0.1, 0.15) is 0 Å². The van der Waals surface area contributed by atoms with E-state index in [4.69, 9.17) is 9.47 Å². The third kappa shape index (κ3) is 4.11. The number of β-amino-alcohol motifs (C(OH)–C–C–N with tert-alkyl or cyclic N) is 1. The lowest BCUT2D eigenvalue weighted by atomic mass is 9.90. The number of aliphatic hydroxyl groups excluding tert-OH is 1. The smallest absolute Gasteiger partial charge is 0.227 e. The molecule has 25 heavy (non-hydrogen) atoms. The standard InChI is InChI=1S/C18H25NO6/c1-11(20)13-9-15(25-4)14(24-3)7-12(13)8-17(22)19-6-5-18(2,23)16(21)10-19/h7,9,16,21,23H,5-6,8,10H2,1-4H3/t16-,18-/m0/s1. The van der Waals surface area contributed by atoms with Crippen LogP contribution in [-0.2, 0) is 11.2 Å². The van der Waals surface area contributed by atoms with Gasteiger partial charge in [-0.1, -0.05) is 0 Å². The van der Waals surface area contributed by atoms with Crippen LogP contribution in [0.15, 0.2) is 12.1 Å². The molecule has 0 unspecified atom stereocenters. The van der Waals surface area contributed by atoms with E-state index in [0.29, 0.717) is 35.6 Å². The molecule has 0 aliphatic carbocycles. The molecule has 1 heterocycles. The number of carbonyl (C=O) groups excluding carboxylic acids is 2. The van der Waals surface area contributed by atoms with Crippen molar-refractivity contribution in [2.75, 3.05) is 27.3 Å². The van der Waals surface area contributed by atoms with E-state index in [1.807, 2.05) is 0 Å². The minimum atomic E-state index is -1.19. The molecule has 1 aromatic rings. The van der Waals surface area contributed by atoms with Crippen LogP contribution in [-0.4, -0.2) is 65.8 Å². The zero-order valence-corrected chi connectivity index (χ0v) is 15.0. The molecule has 138 valence electrons. The van der Waals surface area contributed by atoms with E-state index in [9.17, 15) is 19.8 Å². The zero-order valence-electron chi connectivity index (χ0n) is 15.0. The van der Waals surface area contributed by atoms with Crippen molar-refractivity contribution in [2.24, 2.45) is 0 Å². The number of amides is 1. The number of hydrogen-bond donors (Lipinski definition) is 2. The van der Waals surface area contributed by atoms with Crippen molar-refractivity contribution in [3.05, 3.63) is 23.3 Å². The summed E-state index contributed by atoms with van der Waals surface area (Å²) in [6.07, 6.45) is -0.696. The normalized spacial score (nSPS) is 23.3. The second kappa shape index (κ2) is 7.41. The summed E-state index contributed by atoms with van der Waals surface area (Å²) in [6, 6.07) is 3.20. The predicted octanol–water partition coefficient (Wildman–Crippen LogP) is 0.793. The topological polar surface area (TPSA) is 96.3 Å². The average Bonchev–Trinajstić information content (AvgIpc) is 2.56. The Balaban J connectivity index is 2.24. The Hall–Kier alpha value is -2.12. The molecular weight excluding hydrogens is 326 g/mol. The van der Waals surface area contributed by atoms with Gasteiger partial charge in [0.15, 0.2) is 17.3 Å². The van der Waals surface area contributed by atoms with Crippen LogP contribution in [0.5, 0.6) is 11.5 Å². The van der Waals surface area contributed by atoms with E-state index in [-0.39, 0.29) is 24.7 Å². The van der Waals surface area contributed by atoms with E-state index < -0.39 is 11.7 Å². The highest BCUT2D eigenvalue weighted by atomic mass is 16.5. The molecule has 0 saturated carbocycles. The molecule has 1 fully saturated rings. The molecule has 0 spiro atoms. The molecule has 0 bridgehead atoms. The van der Waals surface area contributed by atoms with Crippen molar-refractivity contribution in [1.82, 2.24) is 4.90 Å². The van der Waals surface area contributed by atoms with Gasteiger partial charge in [-0.2, -0.15) is 0 Å². The minimum absolute atomic E-state index is 0.00410. The van der Waals surface area contributed by atoms with Crippen LogP contribution in [0, 0.1) is 0 Å². The summed E-state index contributed by atoms with van der Waals surface area (Å²) in [7, 11) is 2.97. The fourth-order valence-corrected chi connectivity index (χ4v) is 2.92. The minimum Gasteiger partial charge on any atom is -0.493 e. The molecule has 1 aromatic carbocycles. The van der Waals surface area contributed by atoms with Crippen LogP contribution >= 0.6 is 0 Å². The van der Waals surface area contributed by atoms with Crippen LogP contribution in [0.2, 0.25) is 0 Å². The maximum atomic E-state index is 12.6. The summed E-state index contributed by atoms with van der Waals surface area (Å²) in [5.74, 6) is 0.472. The van der Waals surface area contributed by atoms with Crippen LogP contribution in [0.3, 0.4) is 0 Å². The first-order chi connectivity index (χ1) is 11.7. The van der Waals surface area contributed by atoms with Gasteiger partial charge in [0.05, 0.1) is 32.3 Å². The predicted molar refractivity (Wildman–Crippen MR) is 91.1 cm³/mol. The first kappa shape index (κ1) is 19.2. The number of rotatable bonds is 5. The lowest BCUT2D eigenvalue weighted by Crippen LogP contribution is -2.55. The molecule has 0 aromatic heterocycles. The van der Waals surface area contributed by atoms with Gasteiger partial charge in [0.25, 0.3) is 0 Å². The number of Topliss-reactive ketones (excluding diaryl/α,β-unsaturated/α-hetero) is 1. The fourth-order valence-electron chi connectivity index (χ4n) is 2.92. The van der Waals surface area contributed by atoms with Crippen LogP contribution in [0.1, 0.15) is 36.2 Å². The second-order valence-corrected chi connectivity index (χ2v) is 6.56. The Labute approximate surface area is 147 Å². The lowest BCUT2D eigenvalue weighted by molar-refractivity contribution is -0.145. The Bertz CT molecular complexity index is 670. The number of carbonyl (C=O) groups is 2. The number of hydrogen-bond acceptors (Lipinski definition) is 6. The summed E-state index contributed by atoms with van der Waals surface area (Å²) in [5.41, 5.74) is -0.248. The molecule has 2 N–H and O–H groups in total. The summed E-state index contributed by atoms with van der Waals surface area (Å²) >= 11 is 0. The molecule has 0 radical (unpaired) electrons. The summed E-state index contributed by atoms with van der Waals surface area (Å²) in [6.45, 7) is 3.40. The number of likely N-dealkylation sites (tertiary alicyclic amines) is 1. The number of ketones is 1. The fraction of sp³-hybridized carbons (Fsp3) is 0.556. The number of nitrogens with zero attached hydrogens (tertiary/aromatic N) is 1. The Morgan fingerprint density at radius 1 is 1.28 bits per heavy atom. The Kier molecular flexibility index (Phi) is 5.69. The van der Waals surface area contributed by atoms with Crippen LogP contribution < -0.4 is 9.47 Å². The average molecular weight is 351 g/mol. The van der Waals surface area contributed by atoms with Crippen molar-refractivity contribution in [3.8, 4) is 11.5 Å². The van der Waals surface area contributed by atoms with Gasteiger partial charge in [-0.15, -0.1) is 0 Å². The van der Waals surface area contributed by atoms with Crippen molar-refractivity contribution in [2.45, 2.75) is 38.4 Å². The van der Waals surface area contributed by atoms with Gasteiger partial charge in [-0.3, -0.25) is 9.59 Å². The van der Waals surface area contributed by atoms with Crippen molar-refractivity contribution >= 4 is 11.7 Å². The van der Waals surface area contributed by atoms with Crippen LogP contribution in [0.25, 0.3) is 0 Å². The highest BCUT2D eigenvalue weighted by Crippen LogP contribution is 2.31. The van der Waals surface area contributed by atoms with E-state index in [1.54, 1.807) is 19.1 Å². The largest absolute Gasteiger partial charge is 0.493 e. The maximum absolute atomic E-state index is 12.6. The van der Waals surface area contributed by atoms with Gasteiger partial charge in [0.2, 0.25) is 5.91 Å². The van der Waals surface area contributed by atoms with E-state index >= 15 is 0 Å². The van der Waals surface area contributed by atoms with Gasteiger partial charge in [-0.05, 0) is 38.0 Å². The summed E-state index contributed by atoms with van der Waals surface area (Å²) in [4.78, 5) is 26.0. The van der Waals surface area contributed by atoms with Crippen molar-refractivity contribution in [1.29, 1.82) is 0 Å². The third-order valence-corrected chi connectivity index (χ3v) is 4.68. The molecule has 1 amide bonds. The highest BCUT2D eigenvalue weighted by molar-refractivity contribution is 5.97. The molecule has 1 saturated heterocycles. The molecule has 1 aliphatic heterocycles. The molecule has 2 rings (SSSR count). The first-order valence-electron chi connectivity index (χ1n) is 8.13. The molecule has 7 nitrogen and oxygen atoms in total. The second-order valence-electron chi connectivity index (χ2n) is 6.56. The highest BCUT2D eigenvalue weighted by Gasteiger charge is 2.37. The van der Waals surface area contributed by atoms with E-state index in [2.05, 4.69) is 0 Å². The number of aliphatic hydroxyl groups is 2. The third-order valence-electron chi connectivity index (χ3n) is 4.68. The number of piperidine rings is 1. The summed E-state index contributed by atoms with van der Waals surface area (Å²) < 4.78 is 10.5.